The molecule has 0 bridgehead atoms. The highest BCUT2D eigenvalue weighted by molar-refractivity contribution is 6.22. The van der Waals surface area contributed by atoms with Crippen LogP contribution < -0.4 is 20.0 Å². The first-order valence-electron chi connectivity index (χ1n) is 20.8. The van der Waals surface area contributed by atoms with Crippen molar-refractivity contribution in [3.8, 4) is 11.5 Å². The van der Waals surface area contributed by atoms with Gasteiger partial charge in [0, 0.05) is 37.7 Å². The number of fused-ring (bicyclic) bond motifs is 5. The number of aryl methyl sites for hydroxylation is 1. The van der Waals surface area contributed by atoms with Gasteiger partial charge in [0.15, 0.2) is 0 Å². The van der Waals surface area contributed by atoms with Gasteiger partial charge in [-0.05, 0) is 116 Å². The molecule has 3 heterocycles. The van der Waals surface area contributed by atoms with Crippen molar-refractivity contribution in [2.45, 2.75) is 31.6 Å². The number of carbonyl (C=O) groups excluding carboxylic acids is 4. The molecule has 5 aromatic carbocycles. The van der Waals surface area contributed by atoms with Crippen LogP contribution in [0.3, 0.4) is 0 Å². The number of hydrogen-bond donors (Lipinski definition) is 2. The van der Waals surface area contributed by atoms with Gasteiger partial charge in [-0.2, -0.15) is 15.2 Å². The molecule has 0 aromatic heterocycles. The van der Waals surface area contributed by atoms with Crippen LogP contribution in [0.25, 0.3) is 0 Å². The van der Waals surface area contributed by atoms with E-state index < -0.39 is 46.8 Å². The van der Waals surface area contributed by atoms with E-state index in [4.69, 9.17) is 4.74 Å². The fourth-order valence-electron chi connectivity index (χ4n) is 10.4. The largest absolute Gasteiger partial charge is 0.508 e. The molecule has 2 aliphatic carbocycles. The van der Waals surface area contributed by atoms with Gasteiger partial charge in [-0.15, -0.1) is 0 Å². The van der Waals surface area contributed by atoms with E-state index in [0.29, 0.717) is 40.5 Å². The van der Waals surface area contributed by atoms with Crippen LogP contribution >= 0.6 is 0 Å². The van der Waals surface area contributed by atoms with Crippen molar-refractivity contribution < 1.29 is 29.0 Å². The smallest absolute Gasteiger partial charge is 0.260 e. The van der Waals surface area contributed by atoms with Crippen LogP contribution in [0.1, 0.15) is 29.5 Å². The summed E-state index contributed by atoms with van der Waals surface area (Å²) in [5.74, 6) is -4.42. The van der Waals surface area contributed by atoms with E-state index in [2.05, 4.69) is 15.7 Å². The van der Waals surface area contributed by atoms with Crippen molar-refractivity contribution in [3.63, 3.8) is 0 Å². The molecule has 4 amide bonds. The number of allylic oxidation sites excluding steroid dienone is 3. The third kappa shape index (κ3) is 6.19. The monoisotopic (exact) mass is 824 g/mol. The standard InChI is InChI=1S/C50H44N6O6/c1-29-9-11-35(12-10-29)53-56-47(59)42-27-41-39(45(50(42,49(56)61)32-7-5-4-6-8-32)31-25-30-26-38(57)21-24-43(30)62-28-31)22-23-40-44(41)48(60)55(46(40)58)37-19-15-34(16-20-37)52-51-33-13-17-36(18-14-33)54(2)3/h4-22,24,26,28,40-42,44-45,53,57H,23,25,27H2,1-3H3/t40-,41+,42-,44-,45-,50+/m0/s1. The molecular weight excluding hydrogens is 781 g/mol. The van der Waals surface area contributed by atoms with E-state index in [1.54, 1.807) is 48.7 Å². The minimum atomic E-state index is -1.43. The fourth-order valence-corrected chi connectivity index (χ4v) is 10.4. The van der Waals surface area contributed by atoms with E-state index in [-0.39, 0.29) is 30.4 Å². The molecule has 5 aromatic rings. The number of carbonyl (C=O) groups is 4. The van der Waals surface area contributed by atoms with E-state index >= 15 is 9.59 Å². The van der Waals surface area contributed by atoms with Gasteiger partial charge in [-0.3, -0.25) is 29.5 Å². The van der Waals surface area contributed by atoms with Gasteiger partial charge in [-0.1, -0.05) is 59.7 Å². The number of ether oxygens (including phenoxy) is 1. The molecule has 1 saturated carbocycles. The Morgan fingerprint density at radius 3 is 2.18 bits per heavy atom. The van der Waals surface area contributed by atoms with Crippen LogP contribution in [0.2, 0.25) is 0 Å². The van der Waals surface area contributed by atoms with Crippen molar-refractivity contribution in [3.05, 3.63) is 162 Å². The zero-order chi connectivity index (χ0) is 42.9. The quantitative estimate of drug-likeness (QED) is 0.0899. The maximum Gasteiger partial charge on any atom is 0.260 e. The molecular formula is C50H44N6O6. The zero-order valence-electron chi connectivity index (χ0n) is 34.4. The van der Waals surface area contributed by atoms with Crippen molar-refractivity contribution in [1.29, 1.82) is 0 Å². The van der Waals surface area contributed by atoms with Gasteiger partial charge in [0.25, 0.3) is 11.8 Å². The number of anilines is 3. The molecule has 0 radical (unpaired) electrons. The average molecular weight is 825 g/mol. The molecule has 3 aliphatic heterocycles. The summed E-state index contributed by atoms with van der Waals surface area (Å²) in [6.45, 7) is 1.96. The Morgan fingerprint density at radius 2 is 1.48 bits per heavy atom. The number of hydrazine groups is 1. The van der Waals surface area contributed by atoms with E-state index in [0.717, 1.165) is 33.0 Å². The number of nitrogens with zero attached hydrogens (tertiary/aromatic N) is 5. The summed E-state index contributed by atoms with van der Waals surface area (Å²) < 4.78 is 6.24. The topological polar surface area (TPSA) is 144 Å². The van der Waals surface area contributed by atoms with Gasteiger partial charge in [-0.25, -0.2) is 0 Å². The normalized spacial score (nSPS) is 25.1. The number of amides is 4. The summed E-state index contributed by atoms with van der Waals surface area (Å²) in [7, 11) is 3.94. The number of phenolic OH excluding ortho intramolecular Hbond substituents is 1. The number of benzene rings is 5. The average Bonchev–Trinajstić information content (AvgIpc) is 3.67. The Morgan fingerprint density at radius 1 is 0.790 bits per heavy atom. The Hall–Kier alpha value is -7.34. The SMILES string of the molecule is Cc1ccc(NN2C(=O)[C@@H]3C[C@@H]4C(=CC[C@@H]5C(=O)N(c6ccc(N=Nc7ccc(N(C)C)cc7)cc6)C(=O)[C@@H]54)[C@H](C4=COc5ccc(O)cc5C4)[C@]3(c3ccccc3)C2=O)cc1. The molecule has 3 fully saturated rings. The lowest BCUT2D eigenvalue weighted by Gasteiger charge is -2.51. The van der Waals surface area contributed by atoms with Crippen LogP contribution in [0.15, 0.2) is 155 Å². The second kappa shape index (κ2) is 15.0. The van der Waals surface area contributed by atoms with E-state index in [1.165, 1.54) is 4.90 Å². The predicted molar refractivity (Wildman–Crippen MR) is 234 cm³/mol. The van der Waals surface area contributed by atoms with Crippen molar-refractivity contribution in [2.24, 2.45) is 39.8 Å². The summed E-state index contributed by atoms with van der Waals surface area (Å²) >= 11 is 0. The third-order valence-corrected chi connectivity index (χ3v) is 13.3. The van der Waals surface area contributed by atoms with Gasteiger partial charge in [0.1, 0.15) is 11.5 Å². The Kier molecular flexibility index (Phi) is 9.38. The van der Waals surface area contributed by atoms with Crippen LogP contribution in [-0.4, -0.2) is 47.8 Å². The van der Waals surface area contributed by atoms with Gasteiger partial charge in [0.05, 0.1) is 52.2 Å². The number of aromatic hydroxyl groups is 1. The molecule has 2 saturated heterocycles. The molecule has 10 rings (SSSR count). The summed E-state index contributed by atoms with van der Waals surface area (Å²) in [4.78, 5) is 63.1. The lowest BCUT2D eigenvalue weighted by Crippen LogP contribution is -2.55. The highest BCUT2D eigenvalue weighted by Gasteiger charge is 2.70. The van der Waals surface area contributed by atoms with Crippen LogP contribution in [0, 0.1) is 36.5 Å². The first kappa shape index (κ1) is 38.8. The van der Waals surface area contributed by atoms with E-state index in [1.807, 2.05) is 111 Å². The fraction of sp³-hybridized carbons (Fsp3) is 0.240. The highest BCUT2D eigenvalue weighted by atomic mass is 16.5. The molecule has 6 atom stereocenters. The molecule has 12 heteroatoms. The maximum atomic E-state index is 15.5. The van der Waals surface area contributed by atoms with Crippen molar-refractivity contribution in [2.75, 3.05) is 29.3 Å². The molecule has 12 nitrogen and oxygen atoms in total. The van der Waals surface area contributed by atoms with Crippen molar-refractivity contribution in [1.82, 2.24) is 5.01 Å². The van der Waals surface area contributed by atoms with Crippen LogP contribution in [0.5, 0.6) is 11.5 Å². The minimum Gasteiger partial charge on any atom is -0.508 e. The van der Waals surface area contributed by atoms with E-state index in [9.17, 15) is 14.7 Å². The lowest BCUT2D eigenvalue weighted by atomic mass is 9.48. The number of azo groups is 1. The van der Waals surface area contributed by atoms with Gasteiger partial charge >= 0.3 is 0 Å². The summed E-state index contributed by atoms with van der Waals surface area (Å²) in [5, 5.41) is 20.4. The summed E-state index contributed by atoms with van der Waals surface area (Å²) in [5.41, 5.74) is 9.01. The molecule has 2 N–H and O–H groups in total. The van der Waals surface area contributed by atoms with Crippen molar-refractivity contribution >= 4 is 52.1 Å². The predicted octanol–water partition coefficient (Wildman–Crippen LogP) is 8.72. The molecule has 0 spiro atoms. The van der Waals surface area contributed by atoms with Crippen LogP contribution in [0.4, 0.5) is 28.4 Å². The Bertz CT molecular complexity index is 2730. The Labute approximate surface area is 358 Å². The lowest BCUT2D eigenvalue weighted by molar-refractivity contribution is -0.139. The molecule has 310 valence electrons. The summed E-state index contributed by atoms with van der Waals surface area (Å²) in [6.07, 6.45) is 4.47. The summed E-state index contributed by atoms with van der Waals surface area (Å²) in [6, 6.07) is 36.4. The number of nitrogens with one attached hydrogen (secondary N) is 1. The first-order chi connectivity index (χ1) is 30.0. The second-order valence-electron chi connectivity index (χ2n) is 17.0. The van der Waals surface area contributed by atoms with Gasteiger partial charge in [0.2, 0.25) is 11.8 Å². The van der Waals surface area contributed by atoms with Gasteiger partial charge < -0.3 is 14.7 Å². The highest BCUT2D eigenvalue weighted by Crippen LogP contribution is 2.63. The molecule has 62 heavy (non-hydrogen) atoms. The Balaban J connectivity index is 1.03. The number of rotatable bonds is 8. The molecule has 5 aliphatic rings. The number of imide groups is 2. The third-order valence-electron chi connectivity index (χ3n) is 13.3. The maximum absolute atomic E-state index is 15.5. The molecule has 0 unspecified atom stereocenters. The second-order valence-corrected chi connectivity index (χ2v) is 17.0. The van der Waals surface area contributed by atoms with Crippen LogP contribution in [-0.2, 0) is 31.0 Å². The minimum absolute atomic E-state index is 0.0762. The number of phenols is 1. The number of hydrogen-bond acceptors (Lipinski definition) is 10. The zero-order valence-corrected chi connectivity index (χ0v) is 34.4. The first-order valence-corrected chi connectivity index (χ1v) is 20.8.